The van der Waals surface area contributed by atoms with Gasteiger partial charge in [0.2, 0.25) is 0 Å². The van der Waals surface area contributed by atoms with Gasteiger partial charge in [-0.1, -0.05) is 32.4 Å². The van der Waals surface area contributed by atoms with E-state index in [4.69, 9.17) is 11.6 Å². The first kappa shape index (κ1) is 15.0. The van der Waals surface area contributed by atoms with Gasteiger partial charge in [-0.25, -0.2) is 4.68 Å². The Balaban J connectivity index is 2.79. The van der Waals surface area contributed by atoms with Crippen LogP contribution in [-0.4, -0.2) is 27.5 Å². The molecule has 0 aliphatic heterocycles. The Labute approximate surface area is 112 Å². The van der Waals surface area contributed by atoms with Crippen molar-refractivity contribution in [3.63, 3.8) is 0 Å². The van der Waals surface area contributed by atoms with Crippen molar-refractivity contribution in [3.05, 3.63) is 21.6 Å². The van der Waals surface area contributed by atoms with Crippen molar-refractivity contribution < 1.29 is 5.11 Å². The Hall–Kier alpha value is -1.07. The summed E-state index contributed by atoms with van der Waals surface area (Å²) in [4.78, 5) is 11.8. The molecule has 1 atom stereocenters. The van der Waals surface area contributed by atoms with Crippen LogP contribution in [0.5, 0.6) is 0 Å². The van der Waals surface area contributed by atoms with E-state index in [1.165, 1.54) is 10.9 Å². The van der Waals surface area contributed by atoms with Gasteiger partial charge in [0.05, 0.1) is 18.0 Å². The van der Waals surface area contributed by atoms with Crippen LogP contribution in [0.25, 0.3) is 0 Å². The molecule has 2 N–H and O–H groups in total. The summed E-state index contributed by atoms with van der Waals surface area (Å²) < 4.78 is 1.34. The molecule has 0 aliphatic carbocycles. The molecule has 1 unspecified atom stereocenters. The van der Waals surface area contributed by atoms with Gasteiger partial charge in [-0.05, 0) is 12.3 Å². The van der Waals surface area contributed by atoms with E-state index in [-0.39, 0.29) is 16.5 Å². The van der Waals surface area contributed by atoms with Crippen LogP contribution < -0.4 is 10.9 Å². The van der Waals surface area contributed by atoms with Crippen LogP contribution in [0.15, 0.2) is 11.0 Å². The van der Waals surface area contributed by atoms with Crippen molar-refractivity contribution in [1.82, 2.24) is 9.78 Å². The minimum absolute atomic E-state index is 0.120. The third kappa shape index (κ3) is 3.71. The highest BCUT2D eigenvalue weighted by molar-refractivity contribution is 6.32. The molecule has 1 aromatic rings. The summed E-state index contributed by atoms with van der Waals surface area (Å²) in [5, 5.41) is 16.8. The second kappa shape index (κ2) is 6.75. The number of anilines is 1. The molecule has 0 aromatic carbocycles. The van der Waals surface area contributed by atoms with Gasteiger partial charge in [0.15, 0.2) is 0 Å². The van der Waals surface area contributed by atoms with Crippen LogP contribution in [0, 0.1) is 5.92 Å². The SMILES string of the molecule is CCCn1ncc(NCC(O)C(C)C)c(Cl)c1=O. The van der Waals surface area contributed by atoms with Crippen LogP contribution in [0.3, 0.4) is 0 Å². The number of nitrogens with one attached hydrogen (secondary N) is 1. The molecule has 0 fully saturated rings. The Morgan fingerprint density at radius 2 is 2.22 bits per heavy atom. The molecular formula is C12H20ClN3O2. The maximum atomic E-state index is 11.8. The van der Waals surface area contributed by atoms with Crippen LogP contribution in [-0.2, 0) is 6.54 Å². The van der Waals surface area contributed by atoms with Crippen molar-refractivity contribution in [3.8, 4) is 0 Å². The van der Waals surface area contributed by atoms with Gasteiger partial charge in [0, 0.05) is 13.1 Å². The minimum atomic E-state index is -0.487. The monoisotopic (exact) mass is 273 g/mol. The van der Waals surface area contributed by atoms with E-state index in [1.807, 2.05) is 20.8 Å². The average Bonchev–Trinajstić information content (AvgIpc) is 2.33. The number of nitrogens with zero attached hydrogens (tertiary/aromatic N) is 2. The first-order valence-electron chi connectivity index (χ1n) is 6.14. The first-order valence-corrected chi connectivity index (χ1v) is 6.52. The fourth-order valence-corrected chi connectivity index (χ4v) is 1.62. The number of hydrogen-bond donors (Lipinski definition) is 2. The molecular weight excluding hydrogens is 254 g/mol. The van der Waals surface area contributed by atoms with Crippen molar-refractivity contribution in [2.24, 2.45) is 5.92 Å². The Bertz CT molecular complexity index is 445. The van der Waals surface area contributed by atoms with E-state index < -0.39 is 6.10 Å². The summed E-state index contributed by atoms with van der Waals surface area (Å²) in [5.74, 6) is 0.143. The highest BCUT2D eigenvalue weighted by Gasteiger charge is 2.12. The van der Waals surface area contributed by atoms with E-state index >= 15 is 0 Å². The molecule has 1 aromatic heterocycles. The highest BCUT2D eigenvalue weighted by Crippen LogP contribution is 2.15. The van der Waals surface area contributed by atoms with E-state index in [0.29, 0.717) is 18.8 Å². The predicted molar refractivity (Wildman–Crippen MR) is 73.1 cm³/mol. The molecule has 0 radical (unpaired) electrons. The molecule has 1 rings (SSSR count). The van der Waals surface area contributed by atoms with E-state index in [2.05, 4.69) is 10.4 Å². The van der Waals surface area contributed by atoms with Crippen LogP contribution in [0.1, 0.15) is 27.2 Å². The molecule has 0 saturated carbocycles. The highest BCUT2D eigenvalue weighted by atomic mass is 35.5. The number of aliphatic hydroxyl groups is 1. The van der Waals surface area contributed by atoms with Gasteiger partial charge in [0.1, 0.15) is 5.02 Å². The summed E-state index contributed by atoms with van der Waals surface area (Å²) in [6, 6.07) is 0. The van der Waals surface area contributed by atoms with Crippen molar-refractivity contribution in [2.45, 2.75) is 39.8 Å². The van der Waals surface area contributed by atoms with Gasteiger partial charge in [0.25, 0.3) is 5.56 Å². The number of halogens is 1. The molecule has 0 amide bonds. The minimum Gasteiger partial charge on any atom is -0.391 e. The third-order valence-corrected chi connectivity index (χ3v) is 3.06. The lowest BCUT2D eigenvalue weighted by atomic mass is 10.1. The van der Waals surface area contributed by atoms with Crippen molar-refractivity contribution in [2.75, 3.05) is 11.9 Å². The number of rotatable bonds is 6. The summed E-state index contributed by atoms with van der Waals surface area (Å²) in [6.45, 7) is 6.70. The lowest BCUT2D eigenvalue weighted by molar-refractivity contribution is 0.138. The normalized spacial score (nSPS) is 12.8. The summed E-state index contributed by atoms with van der Waals surface area (Å²) in [7, 11) is 0. The molecule has 0 aliphatic rings. The third-order valence-electron chi connectivity index (χ3n) is 2.69. The molecule has 0 saturated heterocycles. The van der Waals surface area contributed by atoms with Crippen LogP contribution in [0.4, 0.5) is 5.69 Å². The smallest absolute Gasteiger partial charge is 0.287 e. The van der Waals surface area contributed by atoms with Crippen LogP contribution in [0.2, 0.25) is 5.02 Å². The zero-order valence-corrected chi connectivity index (χ0v) is 11.7. The number of aliphatic hydroxyl groups excluding tert-OH is 1. The van der Waals surface area contributed by atoms with Gasteiger partial charge < -0.3 is 10.4 Å². The topological polar surface area (TPSA) is 67.2 Å². The van der Waals surface area contributed by atoms with Crippen molar-refractivity contribution >= 4 is 17.3 Å². The molecule has 0 spiro atoms. The van der Waals surface area contributed by atoms with Gasteiger partial charge in [-0.2, -0.15) is 5.10 Å². The second-order valence-corrected chi connectivity index (χ2v) is 4.97. The lowest BCUT2D eigenvalue weighted by Crippen LogP contribution is -2.28. The standard InChI is InChI=1S/C12H20ClN3O2/c1-4-5-16-12(18)11(13)9(6-15-16)14-7-10(17)8(2)3/h6,8,10,14,17H,4-5,7H2,1-3H3. The van der Waals surface area contributed by atoms with Gasteiger partial charge >= 0.3 is 0 Å². The summed E-state index contributed by atoms with van der Waals surface area (Å²) in [6.07, 6.45) is 1.85. The fraction of sp³-hybridized carbons (Fsp3) is 0.667. The van der Waals surface area contributed by atoms with Gasteiger partial charge in [-0.15, -0.1) is 0 Å². The number of aryl methyl sites for hydroxylation is 1. The molecule has 102 valence electrons. The second-order valence-electron chi connectivity index (χ2n) is 4.59. The fourth-order valence-electron chi connectivity index (χ4n) is 1.41. The van der Waals surface area contributed by atoms with E-state index in [9.17, 15) is 9.90 Å². The Kier molecular flexibility index (Phi) is 5.62. The molecule has 5 nitrogen and oxygen atoms in total. The molecule has 18 heavy (non-hydrogen) atoms. The maximum absolute atomic E-state index is 11.8. The zero-order chi connectivity index (χ0) is 13.7. The quantitative estimate of drug-likeness (QED) is 0.828. The average molecular weight is 274 g/mol. The van der Waals surface area contributed by atoms with Crippen molar-refractivity contribution in [1.29, 1.82) is 0 Å². The number of hydrogen-bond acceptors (Lipinski definition) is 4. The Morgan fingerprint density at radius 3 is 2.78 bits per heavy atom. The lowest BCUT2D eigenvalue weighted by Gasteiger charge is -2.16. The largest absolute Gasteiger partial charge is 0.391 e. The van der Waals surface area contributed by atoms with E-state index in [0.717, 1.165) is 6.42 Å². The zero-order valence-electron chi connectivity index (χ0n) is 11.0. The maximum Gasteiger partial charge on any atom is 0.287 e. The first-order chi connectivity index (χ1) is 8.47. The Morgan fingerprint density at radius 1 is 1.56 bits per heavy atom. The van der Waals surface area contributed by atoms with Crippen LogP contribution >= 0.6 is 11.6 Å². The summed E-state index contributed by atoms with van der Waals surface area (Å²) in [5.41, 5.74) is 0.163. The molecule has 6 heteroatoms. The summed E-state index contributed by atoms with van der Waals surface area (Å²) >= 11 is 5.98. The molecule has 1 heterocycles. The van der Waals surface area contributed by atoms with E-state index in [1.54, 1.807) is 0 Å². The molecule has 0 bridgehead atoms. The predicted octanol–water partition coefficient (Wildman–Crippen LogP) is 1.74. The number of aromatic nitrogens is 2. The van der Waals surface area contributed by atoms with Gasteiger partial charge in [-0.3, -0.25) is 4.79 Å².